The molecule has 1 fully saturated rings. The molecule has 0 spiro atoms. The van der Waals surface area contributed by atoms with E-state index in [-0.39, 0.29) is 0 Å². The van der Waals surface area contributed by atoms with Gasteiger partial charge < -0.3 is 4.65 Å². The maximum atomic E-state index is 6.56. The fourth-order valence-corrected chi connectivity index (χ4v) is 18.9. The first-order valence-corrected chi connectivity index (χ1v) is 11.3. The lowest BCUT2D eigenvalue weighted by Crippen LogP contribution is -2.74. The van der Waals surface area contributed by atoms with Crippen LogP contribution in [0.3, 0.4) is 0 Å². The van der Waals surface area contributed by atoms with Gasteiger partial charge in [0.25, 0.3) is 0 Å². The molecule has 0 amide bonds. The first-order chi connectivity index (χ1) is 7.77. The van der Waals surface area contributed by atoms with E-state index in [4.69, 9.17) is 23.6 Å². The Hall–Kier alpha value is 1.11. The van der Waals surface area contributed by atoms with E-state index in [9.17, 15) is 0 Å². The van der Waals surface area contributed by atoms with Crippen LogP contribution in [0.25, 0.3) is 0 Å². The number of nitrogens with zero attached hydrogens (tertiary/aromatic N) is 2. The van der Waals surface area contributed by atoms with E-state index in [1.165, 1.54) is 0 Å². The van der Waals surface area contributed by atoms with Gasteiger partial charge in [0.2, 0.25) is 27.4 Å². The molecule has 99 valence electrons. The molecule has 0 aliphatic carbocycles. The van der Waals surface area contributed by atoms with Crippen LogP contribution in [-0.2, 0) is 0 Å². The van der Waals surface area contributed by atoms with E-state index >= 15 is 0 Å². The van der Waals surface area contributed by atoms with Crippen molar-refractivity contribution in [3.63, 3.8) is 0 Å². The monoisotopic (exact) mass is 326 g/mol. The topological polar surface area (TPSA) is 18.5 Å². The largest absolute Gasteiger partial charge is 0.334 e. The molecular formula is C9H22Cl2N3Si3. The predicted molar refractivity (Wildman–Crippen MR) is 81.1 cm³/mol. The standard InChI is InChI=1S/C9H22Cl2N3Si3/c1-7(2)15-12-16(8(3)4)14(11)17(9(5)6)13(15)10/h7-9,12H,1-6H3. The molecule has 1 aliphatic heterocycles. The molecule has 1 N–H and O–H groups in total. The smallest absolute Gasteiger partial charge is 0.250 e. The molecule has 8 heteroatoms. The summed E-state index contributed by atoms with van der Waals surface area (Å²) in [6.45, 7) is 13.5. The van der Waals surface area contributed by atoms with E-state index in [0.717, 1.165) is 0 Å². The number of nitrogens with one attached hydrogen (secondary N) is 1. The second kappa shape index (κ2) is 6.51. The molecule has 0 bridgehead atoms. The van der Waals surface area contributed by atoms with Crippen molar-refractivity contribution in [1.29, 1.82) is 0 Å². The Kier molecular flexibility index (Phi) is 6.19. The number of hydrogen-bond donors (Lipinski definition) is 1. The molecule has 1 rings (SSSR count). The highest BCUT2D eigenvalue weighted by atomic mass is 35.5. The maximum absolute atomic E-state index is 6.56. The lowest BCUT2D eigenvalue weighted by Gasteiger charge is -2.47. The minimum Gasteiger partial charge on any atom is -0.334 e. The minimum absolute atomic E-state index is 0.537. The zero-order chi connectivity index (χ0) is 13.3. The summed E-state index contributed by atoms with van der Waals surface area (Å²) in [6, 6.07) is 0. The number of hydrogen-bond acceptors (Lipinski definition) is 3. The Morgan fingerprint density at radius 2 is 1.12 bits per heavy atom. The van der Waals surface area contributed by atoms with Gasteiger partial charge in [-0.1, -0.05) is 41.5 Å². The van der Waals surface area contributed by atoms with Gasteiger partial charge in [-0.2, -0.15) is 0 Å². The molecule has 17 heavy (non-hydrogen) atoms. The van der Waals surface area contributed by atoms with Gasteiger partial charge in [0, 0.05) is 0 Å². The normalized spacial score (nSPS) is 23.5. The van der Waals surface area contributed by atoms with Crippen LogP contribution in [-0.4, -0.2) is 34.9 Å². The predicted octanol–water partition coefficient (Wildman–Crippen LogP) is 3.20. The Labute approximate surface area is 121 Å². The van der Waals surface area contributed by atoms with Crippen LogP contribution in [0, 0.1) is 0 Å². The quantitative estimate of drug-likeness (QED) is 0.634. The zero-order valence-corrected chi connectivity index (χ0v) is 15.9. The Morgan fingerprint density at radius 1 is 0.765 bits per heavy atom. The molecule has 3 radical (unpaired) electrons. The van der Waals surface area contributed by atoms with Crippen molar-refractivity contribution in [2.75, 3.05) is 0 Å². The van der Waals surface area contributed by atoms with Crippen molar-refractivity contribution in [3.05, 3.63) is 0 Å². The summed E-state index contributed by atoms with van der Waals surface area (Å²) in [6.07, 6.45) is 0. The van der Waals surface area contributed by atoms with Gasteiger partial charge in [0.15, 0.2) is 0 Å². The average molecular weight is 327 g/mol. The Bertz CT molecular complexity index is 236. The molecule has 1 heterocycles. The van der Waals surface area contributed by atoms with Gasteiger partial charge in [-0.3, -0.25) is 0 Å². The molecule has 0 aromatic rings. The molecule has 1 saturated heterocycles. The van der Waals surface area contributed by atoms with Gasteiger partial charge in [0.1, 0.15) is 0 Å². The van der Waals surface area contributed by atoms with Gasteiger partial charge in [-0.15, -0.1) is 0 Å². The highest BCUT2D eigenvalue weighted by Gasteiger charge is 2.48. The Morgan fingerprint density at radius 3 is 1.35 bits per heavy atom. The minimum atomic E-state index is -0.981. The van der Waals surface area contributed by atoms with Crippen molar-refractivity contribution < 1.29 is 0 Å². The first kappa shape index (κ1) is 16.2. The maximum Gasteiger partial charge on any atom is 0.250 e. The lowest BCUT2D eigenvalue weighted by molar-refractivity contribution is 0.723. The van der Waals surface area contributed by atoms with Crippen LogP contribution >= 0.6 is 23.6 Å². The summed E-state index contributed by atoms with van der Waals surface area (Å²) in [5.41, 5.74) is 1.73. The van der Waals surface area contributed by atoms with Crippen LogP contribution in [0.1, 0.15) is 41.5 Å². The molecule has 0 saturated carbocycles. The molecule has 0 atom stereocenters. The van der Waals surface area contributed by atoms with E-state index in [0.29, 0.717) is 16.6 Å². The van der Waals surface area contributed by atoms with Crippen LogP contribution in [0.15, 0.2) is 0 Å². The van der Waals surface area contributed by atoms with E-state index < -0.39 is 27.4 Å². The highest BCUT2D eigenvalue weighted by Crippen LogP contribution is 2.30. The van der Waals surface area contributed by atoms with Crippen molar-refractivity contribution in [1.82, 2.24) is 12.1 Å². The van der Waals surface area contributed by atoms with Crippen LogP contribution in [0.5, 0.6) is 0 Å². The molecule has 1 aliphatic rings. The van der Waals surface area contributed by atoms with Gasteiger partial charge in [-0.25, -0.2) is 7.50 Å². The van der Waals surface area contributed by atoms with Crippen LogP contribution < -0.4 is 4.65 Å². The van der Waals surface area contributed by atoms with E-state index in [1.54, 1.807) is 0 Å². The van der Waals surface area contributed by atoms with Crippen LogP contribution in [0.2, 0.25) is 16.6 Å². The van der Waals surface area contributed by atoms with Gasteiger partial charge >= 0.3 is 0 Å². The Balaban J connectivity index is 2.95. The van der Waals surface area contributed by atoms with Crippen molar-refractivity contribution in [2.24, 2.45) is 0 Å². The molecule has 0 aromatic carbocycles. The number of halogens is 2. The summed E-state index contributed by atoms with van der Waals surface area (Å²) in [4.78, 5) is 0. The fraction of sp³-hybridized carbons (Fsp3) is 1.00. The average Bonchev–Trinajstić information content (AvgIpc) is 2.15. The molecule has 3 nitrogen and oxygen atoms in total. The summed E-state index contributed by atoms with van der Waals surface area (Å²) < 4.78 is 7.88. The molecular weight excluding hydrogens is 305 g/mol. The van der Waals surface area contributed by atoms with Crippen molar-refractivity contribution >= 4 is 50.9 Å². The van der Waals surface area contributed by atoms with Crippen molar-refractivity contribution in [3.8, 4) is 0 Å². The van der Waals surface area contributed by atoms with Crippen LogP contribution in [0.4, 0.5) is 0 Å². The second-order valence-electron chi connectivity index (χ2n) is 5.28. The third-order valence-electron chi connectivity index (χ3n) is 2.69. The van der Waals surface area contributed by atoms with Gasteiger partial charge in [-0.05, 0) is 40.2 Å². The summed E-state index contributed by atoms with van der Waals surface area (Å²) in [7, 11) is -2.68. The molecule has 0 unspecified atom stereocenters. The highest BCUT2D eigenvalue weighted by molar-refractivity contribution is 6.94. The third kappa shape index (κ3) is 3.56. The lowest BCUT2D eigenvalue weighted by atomic mass is 10.6. The van der Waals surface area contributed by atoms with Gasteiger partial charge in [0.05, 0.1) is 0 Å². The SMILES string of the molecule is CC(C)[Si]1N[Si](C(C)C)N(Cl)[Si](C(C)C)N1Cl. The second-order valence-corrected chi connectivity index (χ2v) is 16.5. The summed E-state index contributed by atoms with van der Waals surface area (Å²) in [5, 5.41) is 0. The van der Waals surface area contributed by atoms with E-state index in [1.807, 2.05) is 0 Å². The van der Waals surface area contributed by atoms with E-state index in [2.05, 4.69) is 53.7 Å². The summed E-state index contributed by atoms with van der Waals surface area (Å²) in [5.74, 6) is 0. The number of rotatable bonds is 3. The third-order valence-corrected chi connectivity index (χ3v) is 14.6. The fourth-order valence-electron chi connectivity index (χ4n) is 1.75. The molecule has 0 aromatic heterocycles. The first-order valence-electron chi connectivity index (χ1n) is 6.06. The zero-order valence-electron chi connectivity index (χ0n) is 11.4. The van der Waals surface area contributed by atoms with Crippen molar-refractivity contribution in [2.45, 2.75) is 58.2 Å². The summed E-state index contributed by atoms with van der Waals surface area (Å²) >= 11 is 13.1.